The zero-order valence-corrected chi connectivity index (χ0v) is 13.9. The Bertz CT molecular complexity index is 301. The van der Waals surface area contributed by atoms with Crippen molar-refractivity contribution in [3.05, 3.63) is 0 Å². The van der Waals surface area contributed by atoms with E-state index in [0.717, 1.165) is 32.4 Å². The second kappa shape index (κ2) is 7.41. The Morgan fingerprint density at radius 1 is 1.30 bits per heavy atom. The molecule has 1 aliphatic rings. The van der Waals surface area contributed by atoms with Crippen LogP contribution in [0.15, 0.2) is 0 Å². The van der Waals surface area contributed by atoms with Crippen molar-refractivity contribution in [3.63, 3.8) is 0 Å². The molecule has 0 aliphatic carbocycles. The summed E-state index contributed by atoms with van der Waals surface area (Å²) in [4.78, 5) is 14.5. The normalized spacial score (nSPS) is 20.1. The van der Waals surface area contributed by atoms with E-state index in [0.29, 0.717) is 18.5 Å². The maximum Gasteiger partial charge on any atom is 0.221 e. The molecule has 1 heterocycles. The molecule has 1 fully saturated rings. The standard InChI is InChI=1S/C16H33N3O/c1-12(2)19-8-6-14(7-9-19)18-15(20)10-13(17)11-16(3,4)5/h12-14H,6-11,17H2,1-5H3,(H,18,20). The highest BCUT2D eigenvalue weighted by molar-refractivity contribution is 5.76. The lowest BCUT2D eigenvalue weighted by Crippen LogP contribution is -2.47. The van der Waals surface area contributed by atoms with Gasteiger partial charge < -0.3 is 16.0 Å². The lowest BCUT2D eigenvalue weighted by Gasteiger charge is -2.35. The summed E-state index contributed by atoms with van der Waals surface area (Å²) < 4.78 is 0. The summed E-state index contributed by atoms with van der Waals surface area (Å²) in [6, 6.07) is 0.900. The van der Waals surface area contributed by atoms with Crippen LogP contribution in [0.3, 0.4) is 0 Å². The smallest absolute Gasteiger partial charge is 0.221 e. The van der Waals surface area contributed by atoms with Crippen molar-refractivity contribution in [1.82, 2.24) is 10.2 Å². The second-order valence-corrected chi connectivity index (χ2v) is 7.70. The Labute approximate surface area is 124 Å². The zero-order valence-electron chi connectivity index (χ0n) is 13.9. The van der Waals surface area contributed by atoms with Crippen molar-refractivity contribution in [2.75, 3.05) is 13.1 Å². The molecule has 1 atom stereocenters. The lowest BCUT2D eigenvalue weighted by molar-refractivity contribution is -0.122. The number of rotatable bonds is 5. The fourth-order valence-corrected chi connectivity index (χ4v) is 2.94. The Hall–Kier alpha value is -0.610. The van der Waals surface area contributed by atoms with Gasteiger partial charge in [-0.3, -0.25) is 4.79 Å². The quantitative estimate of drug-likeness (QED) is 0.812. The highest BCUT2D eigenvalue weighted by Crippen LogP contribution is 2.21. The first-order valence-electron chi connectivity index (χ1n) is 7.96. The summed E-state index contributed by atoms with van der Waals surface area (Å²) >= 11 is 0. The van der Waals surface area contributed by atoms with E-state index in [1.165, 1.54) is 0 Å². The first-order valence-corrected chi connectivity index (χ1v) is 7.96. The van der Waals surface area contributed by atoms with Crippen LogP contribution in [0.5, 0.6) is 0 Å². The Morgan fingerprint density at radius 2 is 1.85 bits per heavy atom. The van der Waals surface area contributed by atoms with Crippen LogP contribution in [0, 0.1) is 5.41 Å². The number of nitrogens with zero attached hydrogens (tertiary/aromatic N) is 1. The van der Waals surface area contributed by atoms with Gasteiger partial charge in [-0.05, 0) is 38.5 Å². The van der Waals surface area contributed by atoms with Crippen LogP contribution in [0.2, 0.25) is 0 Å². The summed E-state index contributed by atoms with van der Waals surface area (Å²) in [5, 5.41) is 3.15. The van der Waals surface area contributed by atoms with Gasteiger partial charge in [0.2, 0.25) is 5.91 Å². The third-order valence-corrected chi connectivity index (χ3v) is 3.95. The molecule has 20 heavy (non-hydrogen) atoms. The molecule has 3 N–H and O–H groups in total. The number of nitrogens with one attached hydrogen (secondary N) is 1. The molecule has 1 rings (SSSR count). The van der Waals surface area contributed by atoms with Gasteiger partial charge in [0.25, 0.3) is 0 Å². The van der Waals surface area contributed by atoms with E-state index in [1.807, 2.05) is 0 Å². The first kappa shape index (κ1) is 17.4. The summed E-state index contributed by atoms with van der Waals surface area (Å²) in [5.74, 6) is 0.116. The van der Waals surface area contributed by atoms with E-state index in [-0.39, 0.29) is 17.4 Å². The molecule has 0 aromatic carbocycles. The van der Waals surface area contributed by atoms with Gasteiger partial charge in [0.15, 0.2) is 0 Å². The van der Waals surface area contributed by atoms with Crippen molar-refractivity contribution >= 4 is 5.91 Å². The van der Waals surface area contributed by atoms with Crippen molar-refractivity contribution in [2.45, 2.75) is 78.4 Å². The molecular formula is C16H33N3O. The topological polar surface area (TPSA) is 58.4 Å². The summed E-state index contributed by atoms with van der Waals surface area (Å²) in [6.45, 7) is 13.1. The number of carbonyl (C=O) groups is 1. The Balaban J connectivity index is 2.27. The third kappa shape index (κ3) is 6.71. The molecule has 1 unspecified atom stereocenters. The molecule has 0 aromatic heterocycles. The van der Waals surface area contributed by atoms with E-state index in [4.69, 9.17) is 5.73 Å². The minimum absolute atomic E-state index is 0.0363. The fourth-order valence-electron chi connectivity index (χ4n) is 2.94. The Kier molecular flexibility index (Phi) is 6.46. The minimum Gasteiger partial charge on any atom is -0.353 e. The number of carbonyl (C=O) groups excluding carboxylic acids is 1. The predicted octanol–water partition coefficient (Wildman–Crippen LogP) is 2.13. The van der Waals surface area contributed by atoms with Gasteiger partial charge in [-0.25, -0.2) is 0 Å². The molecule has 0 radical (unpaired) electrons. The number of nitrogens with two attached hydrogens (primary N) is 1. The summed E-state index contributed by atoms with van der Waals surface area (Å²) in [7, 11) is 0. The summed E-state index contributed by atoms with van der Waals surface area (Å²) in [5.41, 5.74) is 6.24. The number of amides is 1. The van der Waals surface area contributed by atoms with Gasteiger partial charge in [0.05, 0.1) is 0 Å². The molecule has 4 nitrogen and oxygen atoms in total. The maximum absolute atomic E-state index is 12.0. The van der Waals surface area contributed by atoms with E-state index in [9.17, 15) is 4.79 Å². The average Bonchev–Trinajstić information content (AvgIpc) is 2.26. The van der Waals surface area contributed by atoms with Gasteiger partial charge in [-0.1, -0.05) is 20.8 Å². The largest absolute Gasteiger partial charge is 0.353 e. The molecule has 0 bridgehead atoms. The fraction of sp³-hybridized carbons (Fsp3) is 0.938. The highest BCUT2D eigenvalue weighted by atomic mass is 16.1. The molecule has 0 spiro atoms. The van der Waals surface area contributed by atoms with Gasteiger partial charge in [0, 0.05) is 37.6 Å². The van der Waals surface area contributed by atoms with E-state index < -0.39 is 0 Å². The van der Waals surface area contributed by atoms with Gasteiger partial charge in [0.1, 0.15) is 0 Å². The molecular weight excluding hydrogens is 250 g/mol. The molecule has 1 amide bonds. The number of piperidine rings is 1. The van der Waals surface area contributed by atoms with Crippen LogP contribution in [-0.2, 0) is 4.79 Å². The third-order valence-electron chi connectivity index (χ3n) is 3.95. The van der Waals surface area contributed by atoms with E-state index in [2.05, 4.69) is 44.8 Å². The number of hydrogen-bond donors (Lipinski definition) is 2. The SMILES string of the molecule is CC(C)N1CCC(NC(=O)CC(N)CC(C)(C)C)CC1. The average molecular weight is 283 g/mol. The van der Waals surface area contributed by atoms with Crippen molar-refractivity contribution in [1.29, 1.82) is 0 Å². The van der Waals surface area contributed by atoms with Crippen molar-refractivity contribution in [2.24, 2.45) is 11.1 Å². The summed E-state index contributed by atoms with van der Waals surface area (Å²) in [6.07, 6.45) is 3.44. The lowest BCUT2D eigenvalue weighted by atomic mass is 9.87. The number of hydrogen-bond acceptors (Lipinski definition) is 3. The second-order valence-electron chi connectivity index (χ2n) is 7.70. The zero-order chi connectivity index (χ0) is 15.3. The maximum atomic E-state index is 12.0. The van der Waals surface area contributed by atoms with Crippen molar-refractivity contribution in [3.8, 4) is 0 Å². The number of likely N-dealkylation sites (tertiary alicyclic amines) is 1. The van der Waals surface area contributed by atoms with Crippen LogP contribution in [0.1, 0.15) is 60.3 Å². The Morgan fingerprint density at radius 3 is 2.30 bits per heavy atom. The molecule has 0 aromatic rings. The minimum atomic E-state index is -0.0363. The van der Waals surface area contributed by atoms with Crippen LogP contribution in [0.4, 0.5) is 0 Å². The van der Waals surface area contributed by atoms with Gasteiger partial charge >= 0.3 is 0 Å². The molecule has 4 heteroatoms. The van der Waals surface area contributed by atoms with E-state index >= 15 is 0 Å². The molecule has 1 saturated heterocycles. The molecule has 118 valence electrons. The van der Waals surface area contributed by atoms with Gasteiger partial charge in [-0.15, -0.1) is 0 Å². The molecule has 0 saturated carbocycles. The van der Waals surface area contributed by atoms with Gasteiger partial charge in [-0.2, -0.15) is 0 Å². The first-order chi connectivity index (χ1) is 9.17. The van der Waals surface area contributed by atoms with Crippen LogP contribution in [-0.4, -0.2) is 42.0 Å². The van der Waals surface area contributed by atoms with E-state index in [1.54, 1.807) is 0 Å². The monoisotopic (exact) mass is 283 g/mol. The van der Waals surface area contributed by atoms with Crippen LogP contribution >= 0.6 is 0 Å². The molecule has 1 aliphatic heterocycles. The van der Waals surface area contributed by atoms with Crippen LogP contribution in [0.25, 0.3) is 0 Å². The predicted molar refractivity (Wildman–Crippen MR) is 84.5 cm³/mol. The van der Waals surface area contributed by atoms with Crippen molar-refractivity contribution < 1.29 is 4.79 Å². The highest BCUT2D eigenvalue weighted by Gasteiger charge is 2.23. The van der Waals surface area contributed by atoms with Crippen LogP contribution < -0.4 is 11.1 Å².